The van der Waals surface area contributed by atoms with E-state index in [9.17, 15) is 0 Å². The van der Waals surface area contributed by atoms with Gasteiger partial charge in [-0.15, -0.1) is 0 Å². The quantitative estimate of drug-likeness (QED) is 0.179. The van der Waals surface area contributed by atoms with Crippen LogP contribution in [0.5, 0.6) is 0 Å². The van der Waals surface area contributed by atoms with Crippen LogP contribution in [0.15, 0.2) is 156 Å². The van der Waals surface area contributed by atoms with Crippen molar-refractivity contribution in [2.45, 2.75) is 90.9 Å². The van der Waals surface area contributed by atoms with Gasteiger partial charge in [-0.05, 0) is 120 Å². The fraction of sp³-hybridized carbons (Fsp3) is 0.219. The molecular weight excluding hydrogens is 824 g/mol. The SMILES string of the molecule is CC(C)(C)c1ccc(Nc2cc3c(cc2-c2ccc4c5cc6c(cc5n5c4c2Bc2cc4cc(-c7ccccc7)oc4cc2-5)C(C)(C)c2ccccc2-6)-c2ccc(C(C)(C)C)cc2C3(C)C)cc1. The van der Waals surface area contributed by atoms with Gasteiger partial charge < -0.3 is 14.3 Å². The smallest absolute Gasteiger partial charge is 0.198 e. The lowest BCUT2D eigenvalue weighted by molar-refractivity contribution is 0.584. The summed E-state index contributed by atoms with van der Waals surface area (Å²) in [6, 6.07) is 57.6. The summed E-state index contributed by atoms with van der Waals surface area (Å²) in [5.74, 6) is 0.892. The first-order valence-corrected chi connectivity index (χ1v) is 24.5. The van der Waals surface area contributed by atoms with E-state index < -0.39 is 0 Å². The van der Waals surface area contributed by atoms with E-state index in [4.69, 9.17) is 4.42 Å². The van der Waals surface area contributed by atoms with Crippen molar-refractivity contribution in [2.75, 3.05) is 5.32 Å². The molecule has 68 heavy (non-hydrogen) atoms. The maximum Gasteiger partial charge on any atom is 0.198 e. The van der Waals surface area contributed by atoms with Crippen molar-refractivity contribution in [3.05, 3.63) is 185 Å². The molecule has 1 aliphatic heterocycles. The monoisotopic (exact) mass is 880 g/mol. The van der Waals surface area contributed by atoms with E-state index in [1.165, 1.54) is 105 Å². The minimum absolute atomic E-state index is 0.0498. The van der Waals surface area contributed by atoms with Gasteiger partial charge in [-0.1, -0.05) is 178 Å². The Morgan fingerprint density at radius 3 is 1.93 bits per heavy atom. The zero-order chi connectivity index (χ0) is 46.8. The molecule has 10 aromatic rings. The van der Waals surface area contributed by atoms with E-state index in [1.807, 2.05) is 0 Å². The molecule has 8 aromatic carbocycles. The third-order valence-corrected chi connectivity index (χ3v) is 16.1. The largest absolute Gasteiger partial charge is 0.456 e. The molecule has 332 valence electrons. The summed E-state index contributed by atoms with van der Waals surface area (Å²) in [6.07, 6.45) is 0. The van der Waals surface area contributed by atoms with Crippen molar-refractivity contribution in [1.82, 2.24) is 4.57 Å². The highest BCUT2D eigenvalue weighted by molar-refractivity contribution is 6.73. The molecule has 2 aliphatic carbocycles. The highest BCUT2D eigenvalue weighted by Crippen LogP contribution is 2.54. The number of nitrogens with zero attached hydrogens (tertiary/aromatic N) is 1. The van der Waals surface area contributed by atoms with Crippen LogP contribution in [0.3, 0.4) is 0 Å². The first-order chi connectivity index (χ1) is 32.4. The van der Waals surface area contributed by atoms with E-state index in [1.54, 1.807) is 0 Å². The Hall–Kier alpha value is -7.04. The molecule has 0 spiro atoms. The van der Waals surface area contributed by atoms with Gasteiger partial charge >= 0.3 is 0 Å². The molecule has 0 unspecified atom stereocenters. The number of furan rings is 1. The molecule has 0 amide bonds. The van der Waals surface area contributed by atoms with E-state index in [0.29, 0.717) is 0 Å². The number of anilines is 2. The van der Waals surface area contributed by atoms with Gasteiger partial charge in [0.25, 0.3) is 0 Å². The van der Waals surface area contributed by atoms with Crippen LogP contribution in [-0.2, 0) is 21.7 Å². The Morgan fingerprint density at radius 2 is 1.16 bits per heavy atom. The lowest BCUT2D eigenvalue weighted by Crippen LogP contribution is -2.37. The van der Waals surface area contributed by atoms with Gasteiger partial charge in [0.1, 0.15) is 11.3 Å². The Morgan fingerprint density at radius 1 is 0.515 bits per heavy atom. The molecule has 0 bridgehead atoms. The lowest BCUT2D eigenvalue weighted by Gasteiger charge is -2.27. The van der Waals surface area contributed by atoms with Gasteiger partial charge in [0.15, 0.2) is 7.28 Å². The molecule has 13 rings (SSSR count). The van der Waals surface area contributed by atoms with Crippen LogP contribution in [-0.4, -0.2) is 11.8 Å². The third kappa shape index (κ3) is 5.85. The number of fused-ring (bicyclic) bond motifs is 12. The number of rotatable bonds is 4. The van der Waals surface area contributed by atoms with E-state index >= 15 is 0 Å². The molecular formula is C64H57BN2O. The molecule has 0 radical (unpaired) electrons. The van der Waals surface area contributed by atoms with Crippen molar-refractivity contribution in [3.8, 4) is 50.4 Å². The standard InChI is InChI=1S/C64H57BN2O/c1-61(2,3)38-20-23-40(24-21-38)66-54-33-51-45(42-25-22-39(62(4,5)6)30-50(42)64(51,9)10)31-47(54)43-26-27-44-48-32-46-41-18-14-15-19-49(41)63(7,8)52(46)34-55(48)67-56-35-58-37(28-53(56)65-59(43)60(44)67)29-57(68-58)36-16-12-11-13-17-36/h11-35,65-66H,1-10H3. The normalized spacial score (nSPS) is 15.0. The van der Waals surface area contributed by atoms with Gasteiger partial charge in [0.2, 0.25) is 0 Å². The first-order valence-electron chi connectivity index (χ1n) is 24.5. The zero-order valence-corrected chi connectivity index (χ0v) is 41.0. The van der Waals surface area contributed by atoms with Crippen molar-refractivity contribution in [1.29, 1.82) is 0 Å². The van der Waals surface area contributed by atoms with Crippen LogP contribution in [0.2, 0.25) is 0 Å². The summed E-state index contributed by atoms with van der Waals surface area (Å²) >= 11 is 0. The molecule has 3 heterocycles. The number of nitrogens with one attached hydrogen (secondary N) is 1. The van der Waals surface area contributed by atoms with Gasteiger partial charge in [-0.25, -0.2) is 0 Å². The van der Waals surface area contributed by atoms with Crippen molar-refractivity contribution < 1.29 is 4.42 Å². The molecule has 0 saturated carbocycles. The van der Waals surface area contributed by atoms with E-state index in [2.05, 4.69) is 231 Å². The molecule has 3 aliphatic rings. The Balaban J connectivity index is 1.09. The predicted molar refractivity (Wildman–Crippen MR) is 290 cm³/mol. The zero-order valence-electron chi connectivity index (χ0n) is 41.0. The molecule has 2 aromatic heterocycles. The van der Waals surface area contributed by atoms with Crippen molar-refractivity contribution in [3.63, 3.8) is 0 Å². The molecule has 1 N–H and O–H groups in total. The predicted octanol–water partition coefficient (Wildman–Crippen LogP) is 15.5. The summed E-state index contributed by atoms with van der Waals surface area (Å²) < 4.78 is 9.31. The summed E-state index contributed by atoms with van der Waals surface area (Å²) in [5, 5.41) is 7.73. The van der Waals surface area contributed by atoms with Crippen molar-refractivity contribution in [2.24, 2.45) is 0 Å². The fourth-order valence-corrected chi connectivity index (χ4v) is 12.2. The van der Waals surface area contributed by atoms with Gasteiger partial charge in [0.05, 0.1) is 5.52 Å². The van der Waals surface area contributed by atoms with Gasteiger partial charge in [-0.2, -0.15) is 0 Å². The lowest BCUT2D eigenvalue weighted by atomic mass is 9.59. The average Bonchev–Trinajstić information content (AvgIpc) is 4.01. The minimum Gasteiger partial charge on any atom is -0.456 e. The minimum atomic E-state index is -0.179. The molecule has 3 nitrogen and oxygen atoms in total. The van der Waals surface area contributed by atoms with Crippen molar-refractivity contribution >= 4 is 62.4 Å². The number of benzene rings is 8. The highest BCUT2D eigenvalue weighted by Gasteiger charge is 2.40. The van der Waals surface area contributed by atoms with Gasteiger partial charge in [-0.3, -0.25) is 0 Å². The van der Waals surface area contributed by atoms with Crippen LogP contribution >= 0.6 is 0 Å². The highest BCUT2D eigenvalue weighted by atomic mass is 16.3. The Labute approximate surface area is 401 Å². The average molecular weight is 881 g/mol. The first kappa shape index (κ1) is 41.2. The van der Waals surface area contributed by atoms with Crippen LogP contribution in [0.1, 0.15) is 103 Å². The van der Waals surface area contributed by atoms with Gasteiger partial charge in [0, 0.05) is 66.8 Å². The summed E-state index contributed by atoms with van der Waals surface area (Å²) in [6.45, 7) is 23.4. The maximum atomic E-state index is 6.73. The Bertz CT molecular complexity index is 3790. The second-order valence-electron chi connectivity index (χ2n) is 23.1. The van der Waals surface area contributed by atoms with Crippen LogP contribution < -0.4 is 16.2 Å². The number of aromatic nitrogens is 1. The fourth-order valence-electron chi connectivity index (χ4n) is 12.2. The molecule has 0 atom stereocenters. The topological polar surface area (TPSA) is 30.1 Å². The summed E-state index contributed by atoms with van der Waals surface area (Å²) in [5.41, 5.74) is 26.4. The van der Waals surface area contributed by atoms with Crippen LogP contribution in [0.25, 0.3) is 83.2 Å². The second kappa shape index (κ2) is 13.8. The summed E-state index contributed by atoms with van der Waals surface area (Å²) in [4.78, 5) is 0. The summed E-state index contributed by atoms with van der Waals surface area (Å²) in [7, 11) is 0.794. The third-order valence-electron chi connectivity index (χ3n) is 16.1. The maximum absolute atomic E-state index is 6.73. The number of hydrogen-bond donors (Lipinski definition) is 1. The number of hydrogen-bond acceptors (Lipinski definition) is 2. The van der Waals surface area contributed by atoms with E-state index in [-0.39, 0.29) is 21.7 Å². The van der Waals surface area contributed by atoms with E-state index in [0.717, 1.165) is 40.9 Å². The molecule has 4 heteroatoms. The second-order valence-corrected chi connectivity index (χ2v) is 23.1. The molecule has 0 saturated heterocycles. The molecule has 0 fully saturated rings. The Kier molecular flexibility index (Phi) is 8.35. The van der Waals surface area contributed by atoms with Crippen LogP contribution in [0, 0.1) is 0 Å². The van der Waals surface area contributed by atoms with Crippen LogP contribution in [0.4, 0.5) is 11.4 Å².